The molecule has 3 rings (SSSR count). The van der Waals surface area contributed by atoms with Crippen molar-refractivity contribution in [3.8, 4) is 5.75 Å². The number of hydrogen-bond donors (Lipinski definition) is 1. The highest BCUT2D eigenvalue weighted by molar-refractivity contribution is 9.10. The van der Waals surface area contributed by atoms with E-state index < -0.39 is 4.92 Å². The Hall–Kier alpha value is -3.20. The molecular formula is C21H21BrN4O4. The molecule has 0 unspecified atom stereocenters. The van der Waals surface area contributed by atoms with Crippen molar-refractivity contribution in [2.24, 2.45) is 0 Å². The largest absolute Gasteiger partial charge is 0.489 e. The maximum atomic E-state index is 12.5. The van der Waals surface area contributed by atoms with Crippen molar-refractivity contribution in [1.82, 2.24) is 15.1 Å². The van der Waals surface area contributed by atoms with Gasteiger partial charge in [-0.1, -0.05) is 28.1 Å². The fourth-order valence-electron chi connectivity index (χ4n) is 3.05. The maximum absolute atomic E-state index is 12.5. The van der Waals surface area contributed by atoms with Gasteiger partial charge in [0.1, 0.15) is 23.7 Å². The van der Waals surface area contributed by atoms with Gasteiger partial charge < -0.3 is 10.1 Å². The Labute approximate surface area is 182 Å². The quantitative estimate of drug-likeness (QED) is 0.391. The van der Waals surface area contributed by atoms with Crippen LogP contribution < -0.4 is 10.1 Å². The summed E-state index contributed by atoms with van der Waals surface area (Å²) in [7, 11) is 0. The smallest absolute Gasteiger partial charge is 0.312 e. The number of rotatable bonds is 8. The lowest BCUT2D eigenvalue weighted by molar-refractivity contribution is -0.386. The monoisotopic (exact) mass is 472 g/mol. The van der Waals surface area contributed by atoms with E-state index in [2.05, 4.69) is 26.3 Å². The Bertz CT molecular complexity index is 1060. The van der Waals surface area contributed by atoms with Gasteiger partial charge in [0.05, 0.1) is 11.5 Å². The molecular weight excluding hydrogens is 452 g/mol. The molecule has 9 heteroatoms. The van der Waals surface area contributed by atoms with Gasteiger partial charge >= 0.3 is 5.69 Å². The van der Waals surface area contributed by atoms with Crippen LogP contribution in [0.2, 0.25) is 0 Å². The summed E-state index contributed by atoms with van der Waals surface area (Å²) in [6.07, 6.45) is 0. The topological polar surface area (TPSA) is 99.3 Å². The Kier molecular flexibility index (Phi) is 6.83. The summed E-state index contributed by atoms with van der Waals surface area (Å²) in [6, 6.07) is 14.7. The molecule has 0 aliphatic carbocycles. The van der Waals surface area contributed by atoms with Gasteiger partial charge in [0.25, 0.3) is 5.91 Å². The maximum Gasteiger partial charge on any atom is 0.312 e. The number of aryl methyl sites for hydroxylation is 1. The Morgan fingerprint density at radius 1 is 1.23 bits per heavy atom. The minimum Gasteiger partial charge on any atom is -0.489 e. The first-order chi connectivity index (χ1) is 14.3. The van der Waals surface area contributed by atoms with Crippen molar-refractivity contribution in [2.75, 3.05) is 6.54 Å². The van der Waals surface area contributed by atoms with E-state index in [-0.39, 0.29) is 11.6 Å². The molecule has 0 spiro atoms. The molecule has 0 bridgehead atoms. The summed E-state index contributed by atoms with van der Waals surface area (Å²) in [5.41, 5.74) is 2.24. The molecule has 1 heterocycles. The highest BCUT2D eigenvalue weighted by Gasteiger charge is 2.21. The van der Waals surface area contributed by atoms with Crippen LogP contribution in [-0.2, 0) is 13.2 Å². The first kappa shape index (κ1) is 21.5. The van der Waals surface area contributed by atoms with E-state index in [1.54, 1.807) is 32.0 Å². The molecule has 156 valence electrons. The second kappa shape index (κ2) is 9.53. The van der Waals surface area contributed by atoms with E-state index in [0.29, 0.717) is 36.6 Å². The molecule has 0 saturated heterocycles. The molecule has 0 fully saturated rings. The molecule has 1 aromatic heterocycles. The zero-order valence-electron chi connectivity index (χ0n) is 16.6. The van der Waals surface area contributed by atoms with Gasteiger partial charge in [-0.25, -0.2) is 0 Å². The molecule has 0 aliphatic rings. The summed E-state index contributed by atoms with van der Waals surface area (Å²) in [4.78, 5) is 23.1. The Morgan fingerprint density at radius 3 is 2.63 bits per heavy atom. The van der Waals surface area contributed by atoms with Crippen molar-refractivity contribution in [3.63, 3.8) is 0 Å². The van der Waals surface area contributed by atoms with Crippen molar-refractivity contribution in [3.05, 3.63) is 85.6 Å². The number of ether oxygens (including phenoxy) is 1. The first-order valence-electron chi connectivity index (χ1n) is 9.29. The van der Waals surface area contributed by atoms with E-state index in [9.17, 15) is 14.9 Å². The highest BCUT2D eigenvalue weighted by Crippen LogP contribution is 2.21. The number of aromatic nitrogens is 2. The van der Waals surface area contributed by atoms with Crippen LogP contribution >= 0.6 is 15.9 Å². The van der Waals surface area contributed by atoms with E-state index in [4.69, 9.17) is 4.74 Å². The van der Waals surface area contributed by atoms with Gasteiger partial charge in [-0.15, -0.1) is 0 Å². The van der Waals surface area contributed by atoms with Gasteiger partial charge in [0.15, 0.2) is 0 Å². The Morgan fingerprint density at radius 2 is 1.97 bits per heavy atom. The van der Waals surface area contributed by atoms with Crippen LogP contribution in [0.5, 0.6) is 5.75 Å². The van der Waals surface area contributed by atoms with Gasteiger partial charge in [-0.05, 0) is 55.8 Å². The minimum absolute atomic E-state index is 0.0137. The lowest BCUT2D eigenvalue weighted by atomic mass is 10.1. The van der Waals surface area contributed by atoms with Gasteiger partial charge in [-0.2, -0.15) is 5.10 Å². The highest BCUT2D eigenvalue weighted by atomic mass is 79.9. The molecule has 0 saturated carbocycles. The third kappa shape index (κ3) is 5.24. The van der Waals surface area contributed by atoms with Crippen molar-refractivity contribution in [1.29, 1.82) is 0 Å². The minimum atomic E-state index is -0.436. The number of halogens is 1. The van der Waals surface area contributed by atoms with E-state index in [0.717, 1.165) is 15.8 Å². The predicted molar refractivity (Wildman–Crippen MR) is 116 cm³/mol. The van der Waals surface area contributed by atoms with E-state index >= 15 is 0 Å². The number of carbonyl (C=O) groups is 1. The van der Waals surface area contributed by atoms with Crippen LogP contribution in [0, 0.1) is 24.0 Å². The molecule has 2 aromatic carbocycles. The number of nitrogens with zero attached hydrogens (tertiary/aromatic N) is 3. The average molecular weight is 473 g/mol. The van der Waals surface area contributed by atoms with Gasteiger partial charge in [0.2, 0.25) is 0 Å². The second-order valence-electron chi connectivity index (χ2n) is 6.70. The number of nitro groups is 1. The van der Waals surface area contributed by atoms with Crippen molar-refractivity contribution >= 4 is 27.5 Å². The fourth-order valence-corrected chi connectivity index (χ4v) is 3.31. The average Bonchev–Trinajstić information content (AvgIpc) is 3.01. The zero-order chi connectivity index (χ0) is 21.7. The van der Waals surface area contributed by atoms with Crippen LogP contribution in [-0.4, -0.2) is 27.2 Å². The summed E-state index contributed by atoms with van der Waals surface area (Å²) >= 11 is 3.38. The van der Waals surface area contributed by atoms with Crippen LogP contribution in [0.15, 0.2) is 53.0 Å². The van der Waals surface area contributed by atoms with Crippen molar-refractivity contribution < 1.29 is 14.5 Å². The standard InChI is InChI=1S/C21H21BrN4O4/c1-14-20(26(28)29)15(2)25(24-14)11-10-23-21(27)17-5-3-4-16(12-17)13-30-19-8-6-18(22)7-9-19/h3-9,12H,10-11,13H2,1-2H3,(H,23,27). The summed E-state index contributed by atoms with van der Waals surface area (Å²) in [5.74, 6) is 0.517. The van der Waals surface area contributed by atoms with Crippen LogP contribution in [0.4, 0.5) is 5.69 Å². The molecule has 1 N–H and O–H groups in total. The van der Waals surface area contributed by atoms with Crippen molar-refractivity contribution in [2.45, 2.75) is 27.0 Å². The number of carbonyl (C=O) groups excluding carboxylic acids is 1. The number of nitrogens with one attached hydrogen (secondary N) is 1. The van der Waals surface area contributed by atoms with E-state index in [1.807, 2.05) is 30.3 Å². The molecule has 8 nitrogen and oxygen atoms in total. The summed E-state index contributed by atoms with van der Waals surface area (Å²) in [5, 5.41) is 18.1. The molecule has 0 aliphatic heterocycles. The van der Waals surface area contributed by atoms with Crippen LogP contribution in [0.3, 0.4) is 0 Å². The van der Waals surface area contributed by atoms with Gasteiger partial charge in [0, 0.05) is 16.6 Å². The lowest BCUT2D eigenvalue weighted by Crippen LogP contribution is -2.27. The normalized spacial score (nSPS) is 10.6. The molecule has 0 radical (unpaired) electrons. The second-order valence-corrected chi connectivity index (χ2v) is 7.61. The Balaban J connectivity index is 1.56. The van der Waals surface area contributed by atoms with E-state index in [1.165, 1.54) is 4.68 Å². The fraction of sp³-hybridized carbons (Fsp3) is 0.238. The SMILES string of the molecule is Cc1nn(CCNC(=O)c2cccc(COc3ccc(Br)cc3)c2)c(C)c1[N+](=O)[O-]. The summed E-state index contributed by atoms with van der Waals surface area (Å²) < 4.78 is 8.26. The lowest BCUT2D eigenvalue weighted by Gasteiger charge is -2.09. The molecule has 0 atom stereocenters. The molecule has 30 heavy (non-hydrogen) atoms. The first-order valence-corrected chi connectivity index (χ1v) is 10.1. The third-order valence-electron chi connectivity index (χ3n) is 4.54. The van der Waals surface area contributed by atoms with Crippen LogP contribution in [0.1, 0.15) is 27.3 Å². The molecule has 1 amide bonds. The van der Waals surface area contributed by atoms with Gasteiger partial charge in [-0.3, -0.25) is 19.6 Å². The van der Waals surface area contributed by atoms with Crippen LogP contribution in [0.25, 0.3) is 0 Å². The third-order valence-corrected chi connectivity index (χ3v) is 5.07. The molecule has 3 aromatic rings. The number of amides is 1. The summed E-state index contributed by atoms with van der Waals surface area (Å²) in [6.45, 7) is 4.24. The zero-order valence-corrected chi connectivity index (χ0v) is 18.2. The predicted octanol–water partition coefficient (Wildman–Crippen LogP) is 4.18. The number of benzene rings is 2. The number of hydrogen-bond acceptors (Lipinski definition) is 5.